The van der Waals surface area contributed by atoms with Crippen molar-refractivity contribution in [2.24, 2.45) is 5.73 Å². The summed E-state index contributed by atoms with van der Waals surface area (Å²) in [6.45, 7) is 9.51. The van der Waals surface area contributed by atoms with Crippen LogP contribution < -0.4 is 11.1 Å². The molecule has 0 radical (unpaired) electrons. The van der Waals surface area contributed by atoms with Gasteiger partial charge < -0.3 is 16.0 Å². The summed E-state index contributed by atoms with van der Waals surface area (Å²) in [4.78, 5) is 16.5. The minimum absolute atomic E-state index is 0.389. The number of carbonyl (C=O) groups is 1. The van der Waals surface area contributed by atoms with Crippen molar-refractivity contribution in [3.63, 3.8) is 0 Å². The van der Waals surface area contributed by atoms with Gasteiger partial charge in [-0.05, 0) is 36.6 Å². The summed E-state index contributed by atoms with van der Waals surface area (Å²) < 4.78 is 0. The maximum absolute atomic E-state index is 11.5. The van der Waals surface area contributed by atoms with Crippen molar-refractivity contribution in [2.45, 2.75) is 13.3 Å². The van der Waals surface area contributed by atoms with Gasteiger partial charge >= 0.3 is 0 Å². The molecule has 0 saturated carbocycles. The lowest BCUT2D eigenvalue weighted by Gasteiger charge is -2.34. The van der Waals surface area contributed by atoms with Gasteiger partial charge in [0.25, 0.3) is 5.91 Å². The first-order valence-corrected chi connectivity index (χ1v) is 9.75. The number of nitrogens with two attached hydrogens (primary N) is 1. The van der Waals surface area contributed by atoms with Crippen LogP contribution in [-0.2, 0) is 6.42 Å². The molecule has 0 unspecified atom stereocenters. The van der Waals surface area contributed by atoms with Gasteiger partial charge in [0.1, 0.15) is 0 Å². The quantitative estimate of drug-likeness (QED) is 0.753. The molecule has 1 amide bonds. The number of hydrogen-bond donors (Lipinski definition) is 2. The average Bonchev–Trinajstić information content (AvgIpc) is 2.69. The Morgan fingerprint density at radius 2 is 1.59 bits per heavy atom. The topological polar surface area (TPSA) is 61.6 Å². The van der Waals surface area contributed by atoms with E-state index in [2.05, 4.69) is 46.3 Å². The van der Waals surface area contributed by atoms with Crippen LogP contribution in [0.1, 0.15) is 21.5 Å². The molecule has 5 heteroatoms. The zero-order valence-electron chi connectivity index (χ0n) is 16.2. The lowest BCUT2D eigenvalue weighted by Crippen LogP contribution is -2.48. The van der Waals surface area contributed by atoms with Crippen molar-refractivity contribution >= 4 is 11.6 Å². The summed E-state index contributed by atoms with van der Waals surface area (Å²) in [6, 6.07) is 16.1. The summed E-state index contributed by atoms with van der Waals surface area (Å²) in [5.41, 5.74) is 9.65. The van der Waals surface area contributed by atoms with Crippen molar-refractivity contribution in [2.75, 3.05) is 51.1 Å². The normalized spacial score (nSPS) is 15.6. The van der Waals surface area contributed by atoms with E-state index in [1.54, 1.807) is 6.07 Å². The van der Waals surface area contributed by atoms with E-state index in [9.17, 15) is 4.79 Å². The number of nitrogens with one attached hydrogen (secondary N) is 1. The second-order valence-electron chi connectivity index (χ2n) is 7.20. The fourth-order valence-electron chi connectivity index (χ4n) is 3.61. The van der Waals surface area contributed by atoms with E-state index < -0.39 is 0 Å². The standard InChI is InChI=1S/C22H30N4O/c1-18-6-2-3-7-19(18)10-12-25-14-16-26(17-15-25)13-11-24-21-9-5-4-8-20(21)22(23)27/h2-9,24H,10-17H2,1H3,(H2,23,27). The Hall–Kier alpha value is -2.37. The highest BCUT2D eigenvalue weighted by molar-refractivity contribution is 5.98. The molecule has 0 aliphatic carbocycles. The second-order valence-corrected chi connectivity index (χ2v) is 7.20. The van der Waals surface area contributed by atoms with Gasteiger partial charge in [-0.25, -0.2) is 0 Å². The van der Waals surface area contributed by atoms with Crippen molar-refractivity contribution in [3.8, 4) is 0 Å². The van der Waals surface area contributed by atoms with Gasteiger partial charge in [-0.1, -0.05) is 36.4 Å². The van der Waals surface area contributed by atoms with Crippen molar-refractivity contribution in [3.05, 3.63) is 65.2 Å². The van der Waals surface area contributed by atoms with Crippen LogP contribution in [0.15, 0.2) is 48.5 Å². The van der Waals surface area contributed by atoms with Crippen LogP contribution in [0.25, 0.3) is 0 Å². The number of benzene rings is 2. The molecule has 144 valence electrons. The van der Waals surface area contributed by atoms with E-state index in [1.807, 2.05) is 18.2 Å². The van der Waals surface area contributed by atoms with Crippen LogP contribution in [0.5, 0.6) is 0 Å². The maximum atomic E-state index is 11.5. The lowest BCUT2D eigenvalue weighted by atomic mass is 10.1. The van der Waals surface area contributed by atoms with Gasteiger partial charge in [0.15, 0.2) is 0 Å². The molecular weight excluding hydrogens is 336 g/mol. The number of anilines is 1. The monoisotopic (exact) mass is 366 g/mol. The molecule has 0 bridgehead atoms. The third-order valence-electron chi connectivity index (χ3n) is 5.36. The molecule has 5 nitrogen and oxygen atoms in total. The van der Waals surface area contributed by atoms with E-state index >= 15 is 0 Å². The van der Waals surface area contributed by atoms with E-state index in [0.717, 1.165) is 57.9 Å². The molecule has 3 rings (SSSR count). The molecule has 1 aliphatic rings. The van der Waals surface area contributed by atoms with Crippen LogP contribution >= 0.6 is 0 Å². The van der Waals surface area contributed by atoms with Gasteiger partial charge in [-0.15, -0.1) is 0 Å². The van der Waals surface area contributed by atoms with Crippen molar-refractivity contribution < 1.29 is 4.79 Å². The van der Waals surface area contributed by atoms with Crippen LogP contribution in [0.3, 0.4) is 0 Å². The fraction of sp³-hybridized carbons (Fsp3) is 0.409. The second kappa shape index (κ2) is 9.53. The van der Waals surface area contributed by atoms with E-state index in [1.165, 1.54) is 11.1 Å². The van der Waals surface area contributed by atoms with E-state index in [-0.39, 0.29) is 5.91 Å². The van der Waals surface area contributed by atoms with Crippen LogP contribution in [0.2, 0.25) is 0 Å². The summed E-state index contributed by atoms with van der Waals surface area (Å²) in [5.74, 6) is -0.389. The minimum Gasteiger partial charge on any atom is -0.383 e. The van der Waals surface area contributed by atoms with Gasteiger partial charge in [0, 0.05) is 51.5 Å². The largest absolute Gasteiger partial charge is 0.383 e. The average molecular weight is 367 g/mol. The number of amides is 1. The SMILES string of the molecule is Cc1ccccc1CCN1CCN(CCNc2ccccc2C(N)=O)CC1. The van der Waals surface area contributed by atoms with Crippen molar-refractivity contribution in [1.29, 1.82) is 0 Å². The molecule has 2 aromatic rings. The highest BCUT2D eigenvalue weighted by Gasteiger charge is 2.16. The predicted octanol–water partition coefficient (Wildman–Crippen LogP) is 2.37. The minimum atomic E-state index is -0.389. The molecule has 2 aromatic carbocycles. The first-order chi connectivity index (χ1) is 13.1. The Morgan fingerprint density at radius 1 is 0.963 bits per heavy atom. The summed E-state index contributed by atoms with van der Waals surface area (Å²) in [5, 5.41) is 3.35. The lowest BCUT2D eigenvalue weighted by molar-refractivity contribution is 0.100. The Balaban J connectivity index is 1.38. The molecule has 1 saturated heterocycles. The smallest absolute Gasteiger partial charge is 0.250 e. The van der Waals surface area contributed by atoms with Gasteiger partial charge in [-0.3, -0.25) is 9.69 Å². The first kappa shape index (κ1) is 19.4. The van der Waals surface area contributed by atoms with Crippen LogP contribution in [0.4, 0.5) is 5.69 Å². The summed E-state index contributed by atoms with van der Waals surface area (Å²) in [6.07, 6.45) is 1.12. The molecule has 1 heterocycles. The number of carbonyl (C=O) groups excluding carboxylic acids is 1. The third-order valence-corrected chi connectivity index (χ3v) is 5.36. The summed E-state index contributed by atoms with van der Waals surface area (Å²) in [7, 11) is 0. The van der Waals surface area contributed by atoms with Gasteiger partial charge in [0.2, 0.25) is 0 Å². The Kier molecular flexibility index (Phi) is 6.85. The van der Waals surface area contributed by atoms with E-state index in [4.69, 9.17) is 5.73 Å². The van der Waals surface area contributed by atoms with Crippen LogP contribution in [-0.4, -0.2) is 61.5 Å². The van der Waals surface area contributed by atoms with Crippen molar-refractivity contribution in [1.82, 2.24) is 9.80 Å². The van der Waals surface area contributed by atoms with E-state index in [0.29, 0.717) is 5.56 Å². The molecule has 0 atom stereocenters. The Bertz CT molecular complexity index is 753. The number of rotatable bonds is 8. The molecular formula is C22H30N4O. The Morgan fingerprint density at radius 3 is 2.30 bits per heavy atom. The third kappa shape index (κ3) is 5.55. The molecule has 3 N–H and O–H groups in total. The first-order valence-electron chi connectivity index (χ1n) is 9.75. The summed E-state index contributed by atoms with van der Waals surface area (Å²) >= 11 is 0. The number of primary amides is 1. The molecule has 0 spiro atoms. The fourth-order valence-corrected chi connectivity index (χ4v) is 3.61. The molecule has 27 heavy (non-hydrogen) atoms. The van der Waals surface area contributed by atoms with Gasteiger partial charge in [0.05, 0.1) is 5.56 Å². The zero-order chi connectivity index (χ0) is 19.1. The number of nitrogens with zero attached hydrogens (tertiary/aromatic N) is 2. The molecule has 1 aliphatic heterocycles. The molecule has 1 fully saturated rings. The Labute approximate surface area is 162 Å². The van der Waals surface area contributed by atoms with Crippen LogP contribution in [0, 0.1) is 6.92 Å². The highest BCUT2D eigenvalue weighted by atomic mass is 16.1. The number of aryl methyl sites for hydroxylation is 1. The number of para-hydroxylation sites is 1. The number of hydrogen-bond acceptors (Lipinski definition) is 4. The number of piperazine rings is 1. The van der Waals surface area contributed by atoms with Gasteiger partial charge in [-0.2, -0.15) is 0 Å². The zero-order valence-corrected chi connectivity index (χ0v) is 16.2. The predicted molar refractivity (Wildman–Crippen MR) is 111 cm³/mol. The highest BCUT2D eigenvalue weighted by Crippen LogP contribution is 2.14. The molecule has 0 aromatic heterocycles. The maximum Gasteiger partial charge on any atom is 0.250 e.